The molecule has 0 heterocycles. The summed E-state index contributed by atoms with van der Waals surface area (Å²) in [5, 5.41) is 9.01. The summed E-state index contributed by atoms with van der Waals surface area (Å²) in [5.41, 5.74) is 2.88. The minimum Gasteiger partial charge on any atom is -0.370 e. The van der Waals surface area contributed by atoms with E-state index in [1.54, 1.807) is 0 Å². The molecule has 0 amide bonds. The monoisotopic (exact) mass is 378 g/mol. The highest BCUT2D eigenvalue weighted by molar-refractivity contribution is 9.10. The molecule has 0 aliphatic carbocycles. The number of nitriles is 1. The molecule has 0 atom stereocenters. The van der Waals surface area contributed by atoms with Crippen LogP contribution in [-0.4, -0.2) is 7.05 Å². The van der Waals surface area contributed by atoms with Gasteiger partial charge in [0.1, 0.15) is 0 Å². The van der Waals surface area contributed by atoms with E-state index in [4.69, 9.17) is 5.26 Å². The first-order chi connectivity index (χ1) is 9.10. The molecule has 96 valence electrons. The molecule has 0 radical (unpaired) electrons. The van der Waals surface area contributed by atoms with Crippen molar-refractivity contribution in [1.82, 2.24) is 0 Å². The van der Waals surface area contributed by atoms with Crippen LogP contribution in [-0.2, 0) is 6.54 Å². The summed E-state index contributed by atoms with van der Waals surface area (Å²) in [5.74, 6) is 0. The van der Waals surface area contributed by atoms with E-state index < -0.39 is 0 Å². The maximum absolute atomic E-state index is 9.01. The molecular weight excluding hydrogens is 368 g/mol. The normalized spacial score (nSPS) is 10.0. The summed E-state index contributed by atoms with van der Waals surface area (Å²) in [6.07, 6.45) is 0. The lowest BCUT2D eigenvalue weighted by Crippen LogP contribution is -2.16. The second-order valence-corrected chi connectivity index (χ2v) is 6.03. The van der Waals surface area contributed by atoms with Crippen molar-refractivity contribution in [1.29, 1.82) is 5.26 Å². The molecule has 2 aromatic rings. The van der Waals surface area contributed by atoms with Crippen LogP contribution in [0.5, 0.6) is 0 Å². The lowest BCUT2D eigenvalue weighted by molar-refractivity contribution is 0.917. The SMILES string of the molecule is CN(Cc1ccccc1Br)c1cc(Br)cc(C#N)c1. The molecule has 2 aromatic carbocycles. The Balaban J connectivity index is 2.26. The fourth-order valence-electron chi connectivity index (χ4n) is 1.83. The predicted octanol–water partition coefficient (Wildman–Crippen LogP) is 4.72. The number of rotatable bonds is 3. The van der Waals surface area contributed by atoms with E-state index in [2.05, 4.69) is 48.9 Å². The highest BCUT2D eigenvalue weighted by atomic mass is 79.9. The Morgan fingerprint density at radius 2 is 1.89 bits per heavy atom. The molecule has 0 saturated heterocycles. The van der Waals surface area contributed by atoms with E-state index in [-0.39, 0.29) is 0 Å². The second-order valence-electron chi connectivity index (χ2n) is 4.26. The molecule has 2 nitrogen and oxygen atoms in total. The van der Waals surface area contributed by atoms with Crippen molar-refractivity contribution in [2.75, 3.05) is 11.9 Å². The van der Waals surface area contributed by atoms with Crippen LogP contribution in [0.2, 0.25) is 0 Å². The summed E-state index contributed by atoms with van der Waals surface area (Å²) in [7, 11) is 2.02. The quantitative estimate of drug-likeness (QED) is 0.771. The van der Waals surface area contributed by atoms with Gasteiger partial charge in [-0.05, 0) is 29.8 Å². The van der Waals surface area contributed by atoms with E-state index in [9.17, 15) is 0 Å². The summed E-state index contributed by atoms with van der Waals surface area (Å²) in [6.45, 7) is 0.781. The molecule has 0 N–H and O–H groups in total. The van der Waals surface area contributed by atoms with Crippen molar-refractivity contribution < 1.29 is 0 Å². The first-order valence-electron chi connectivity index (χ1n) is 5.75. The van der Waals surface area contributed by atoms with E-state index in [0.29, 0.717) is 5.56 Å². The number of nitrogens with zero attached hydrogens (tertiary/aromatic N) is 2. The molecule has 0 aliphatic rings. The Morgan fingerprint density at radius 3 is 2.58 bits per heavy atom. The van der Waals surface area contributed by atoms with E-state index in [0.717, 1.165) is 21.2 Å². The van der Waals surface area contributed by atoms with Gasteiger partial charge in [-0.25, -0.2) is 0 Å². The van der Waals surface area contributed by atoms with Crippen LogP contribution >= 0.6 is 31.9 Å². The van der Waals surface area contributed by atoms with Gasteiger partial charge in [-0.1, -0.05) is 50.1 Å². The summed E-state index contributed by atoms with van der Waals surface area (Å²) < 4.78 is 2.01. The highest BCUT2D eigenvalue weighted by Gasteiger charge is 2.07. The summed E-state index contributed by atoms with van der Waals surface area (Å²) in [4.78, 5) is 2.12. The molecule has 0 spiro atoms. The zero-order valence-corrected chi connectivity index (χ0v) is 13.6. The molecular formula is C15H12Br2N2. The minimum absolute atomic E-state index is 0.656. The van der Waals surface area contributed by atoms with Gasteiger partial charge in [-0.2, -0.15) is 5.26 Å². The Bertz CT molecular complexity index is 632. The zero-order valence-electron chi connectivity index (χ0n) is 10.4. The van der Waals surface area contributed by atoms with Crippen LogP contribution in [0.4, 0.5) is 5.69 Å². The lowest BCUT2D eigenvalue weighted by atomic mass is 10.1. The molecule has 0 aromatic heterocycles. The average Bonchev–Trinajstić information content (AvgIpc) is 2.40. The van der Waals surface area contributed by atoms with Gasteiger partial charge < -0.3 is 4.90 Å². The van der Waals surface area contributed by atoms with Crippen LogP contribution in [0.15, 0.2) is 51.4 Å². The van der Waals surface area contributed by atoms with Gasteiger partial charge in [0.15, 0.2) is 0 Å². The Hall–Kier alpha value is -1.31. The molecule has 0 aliphatic heterocycles. The second kappa shape index (κ2) is 6.23. The lowest BCUT2D eigenvalue weighted by Gasteiger charge is -2.20. The van der Waals surface area contributed by atoms with E-state index in [1.807, 2.05) is 43.4 Å². The van der Waals surface area contributed by atoms with Crippen molar-refractivity contribution in [3.63, 3.8) is 0 Å². The largest absolute Gasteiger partial charge is 0.370 e. The van der Waals surface area contributed by atoms with Crippen LogP contribution < -0.4 is 4.90 Å². The molecule has 19 heavy (non-hydrogen) atoms. The number of hydrogen-bond acceptors (Lipinski definition) is 2. The van der Waals surface area contributed by atoms with Crippen molar-refractivity contribution in [2.45, 2.75) is 6.54 Å². The first-order valence-corrected chi connectivity index (χ1v) is 7.34. The molecule has 0 saturated carbocycles. The average molecular weight is 380 g/mol. The Kier molecular flexibility index (Phi) is 4.62. The van der Waals surface area contributed by atoms with Crippen LogP contribution in [0.1, 0.15) is 11.1 Å². The van der Waals surface area contributed by atoms with Gasteiger partial charge in [-0.15, -0.1) is 0 Å². The van der Waals surface area contributed by atoms with Crippen LogP contribution in [0.3, 0.4) is 0 Å². The Morgan fingerprint density at radius 1 is 1.16 bits per heavy atom. The molecule has 0 bridgehead atoms. The topological polar surface area (TPSA) is 27.0 Å². The molecule has 4 heteroatoms. The third-order valence-electron chi connectivity index (χ3n) is 2.82. The smallest absolute Gasteiger partial charge is 0.0992 e. The minimum atomic E-state index is 0.656. The van der Waals surface area contributed by atoms with Crippen LogP contribution in [0.25, 0.3) is 0 Å². The maximum atomic E-state index is 9.01. The number of anilines is 1. The fraction of sp³-hybridized carbons (Fsp3) is 0.133. The number of benzene rings is 2. The van der Waals surface area contributed by atoms with E-state index >= 15 is 0 Å². The van der Waals surface area contributed by atoms with Gasteiger partial charge in [0.2, 0.25) is 0 Å². The molecule has 2 rings (SSSR count). The van der Waals surface area contributed by atoms with Crippen molar-refractivity contribution >= 4 is 37.5 Å². The highest BCUT2D eigenvalue weighted by Crippen LogP contribution is 2.25. The molecule has 0 unspecified atom stereocenters. The van der Waals surface area contributed by atoms with Gasteiger partial charge in [0.05, 0.1) is 11.6 Å². The van der Waals surface area contributed by atoms with E-state index in [1.165, 1.54) is 5.56 Å². The maximum Gasteiger partial charge on any atom is 0.0992 e. The fourth-order valence-corrected chi connectivity index (χ4v) is 2.72. The van der Waals surface area contributed by atoms with Gasteiger partial charge in [0.25, 0.3) is 0 Å². The summed E-state index contributed by atoms with van der Waals surface area (Å²) >= 11 is 6.99. The predicted molar refractivity (Wildman–Crippen MR) is 85.1 cm³/mol. The van der Waals surface area contributed by atoms with Gasteiger partial charge >= 0.3 is 0 Å². The van der Waals surface area contributed by atoms with Crippen LogP contribution in [0, 0.1) is 11.3 Å². The van der Waals surface area contributed by atoms with Crippen molar-refractivity contribution in [3.8, 4) is 6.07 Å². The standard InChI is InChI=1S/C15H12Br2N2/c1-19(10-12-4-2-3-5-15(12)17)14-7-11(9-18)6-13(16)8-14/h2-8H,10H2,1H3. The number of hydrogen-bond donors (Lipinski definition) is 0. The number of halogens is 2. The summed E-state index contributed by atoms with van der Waals surface area (Å²) in [6, 6.07) is 16.0. The molecule has 0 fully saturated rings. The van der Waals surface area contributed by atoms with Gasteiger partial charge in [-0.3, -0.25) is 0 Å². The Labute approximate surface area is 129 Å². The third kappa shape index (κ3) is 3.59. The van der Waals surface area contributed by atoms with Gasteiger partial charge in [0, 0.05) is 28.2 Å². The van der Waals surface area contributed by atoms with Crippen molar-refractivity contribution in [3.05, 3.63) is 62.5 Å². The first kappa shape index (κ1) is 14.1. The third-order valence-corrected chi connectivity index (χ3v) is 4.05. The zero-order chi connectivity index (χ0) is 13.8. The van der Waals surface area contributed by atoms with Crippen molar-refractivity contribution in [2.24, 2.45) is 0 Å².